The van der Waals surface area contributed by atoms with Crippen molar-refractivity contribution < 1.29 is 31.8 Å². The van der Waals surface area contributed by atoms with E-state index in [0.717, 1.165) is 17.0 Å². The minimum atomic E-state index is -2.47. The lowest BCUT2D eigenvalue weighted by Gasteiger charge is -2.55. The molecule has 0 radical (unpaired) electrons. The lowest BCUT2D eigenvalue weighted by Crippen LogP contribution is -2.63. The van der Waals surface area contributed by atoms with Crippen molar-refractivity contribution in [3.63, 3.8) is 0 Å². The average Bonchev–Trinajstić information content (AvgIpc) is 2.70. The van der Waals surface area contributed by atoms with E-state index in [0.29, 0.717) is 18.4 Å². The van der Waals surface area contributed by atoms with Crippen molar-refractivity contribution in [2.75, 3.05) is 13.3 Å². The van der Waals surface area contributed by atoms with Gasteiger partial charge in [0.25, 0.3) is 0 Å². The zero-order chi connectivity index (χ0) is 26.4. The molecule has 1 aromatic rings. The van der Waals surface area contributed by atoms with Crippen LogP contribution in [0.25, 0.3) is 0 Å². The number of amides is 1. The molecule has 0 N–H and O–H groups in total. The normalized spacial score (nSPS) is 28.6. The lowest BCUT2D eigenvalue weighted by molar-refractivity contribution is -0.0661. The van der Waals surface area contributed by atoms with Crippen LogP contribution in [-0.4, -0.2) is 54.3 Å². The molecule has 0 aromatic heterocycles. The van der Waals surface area contributed by atoms with E-state index in [4.69, 9.17) is 9.47 Å². The maximum absolute atomic E-state index is 16.0. The number of nitrogens with zero attached hydrogens (tertiary/aromatic N) is 2. The number of alkyl halides is 2. The number of rotatable bonds is 6. The van der Waals surface area contributed by atoms with Gasteiger partial charge in [0.05, 0.1) is 5.54 Å². The molecule has 1 aromatic carbocycles. The highest BCUT2D eigenvalue weighted by molar-refractivity contribution is 8.15. The molecule has 1 aliphatic carbocycles. The Kier molecular flexibility index (Phi) is 7.76. The molecule has 1 heterocycles. The predicted molar refractivity (Wildman–Crippen MR) is 133 cm³/mol. The van der Waals surface area contributed by atoms with E-state index in [1.165, 1.54) is 19.1 Å². The van der Waals surface area contributed by atoms with Crippen LogP contribution in [0.4, 0.5) is 22.4 Å². The Bertz CT molecular complexity index is 1000. The van der Waals surface area contributed by atoms with Crippen molar-refractivity contribution in [2.45, 2.75) is 82.1 Å². The Morgan fingerprint density at radius 2 is 1.94 bits per heavy atom. The van der Waals surface area contributed by atoms with Crippen molar-refractivity contribution in [3.8, 4) is 0 Å². The first-order valence-electron chi connectivity index (χ1n) is 11.6. The molecule has 1 aliphatic heterocycles. The van der Waals surface area contributed by atoms with Gasteiger partial charge in [-0.1, -0.05) is 31.8 Å². The summed E-state index contributed by atoms with van der Waals surface area (Å²) in [7, 11) is -1.43. The Morgan fingerprint density at radius 3 is 2.51 bits per heavy atom. The molecule has 35 heavy (non-hydrogen) atoms. The van der Waals surface area contributed by atoms with E-state index >= 15 is 4.39 Å². The van der Waals surface area contributed by atoms with Crippen LogP contribution in [0.5, 0.6) is 0 Å². The predicted octanol–water partition coefficient (Wildman–Crippen LogP) is 6.86. The SMILES string of the molecule is CC(C)(C)OC(=O)N(COCC[Si](C)(C)C)C1=N[C@](C)(c2cccc(F)c2F)[C@@H]2C[C@H](F)[C@]2(F)S1. The molecule has 196 valence electrons. The van der Waals surface area contributed by atoms with Crippen molar-refractivity contribution in [3.05, 3.63) is 35.4 Å². The van der Waals surface area contributed by atoms with Crippen molar-refractivity contribution in [1.82, 2.24) is 4.90 Å². The second-order valence-corrected chi connectivity index (χ2v) is 18.3. The van der Waals surface area contributed by atoms with Crippen LogP contribution < -0.4 is 0 Å². The highest BCUT2D eigenvalue weighted by Crippen LogP contribution is 2.63. The molecule has 1 amide bonds. The van der Waals surface area contributed by atoms with Gasteiger partial charge in [-0.2, -0.15) is 0 Å². The van der Waals surface area contributed by atoms with E-state index in [1.807, 2.05) is 0 Å². The minimum absolute atomic E-state index is 0.195. The van der Waals surface area contributed by atoms with Gasteiger partial charge in [-0.15, -0.1) is 0 Å². The Balaban J connectivity index is 2.03. The second-order valence-electron chi connectivity index (χ2n) is 11.5. The molecule has 4 atom stereocenters. The second kappa shape index (κ2) is 9.70. The summed E-state index contributed by atoms with van der Waals surface area (Å²) >= 11 is 0.471. The Labute approximate surface area is 209 Å². The van der Waals surface area contributed by atoms with Crippen LogP contribution in [0.1, 0.15) is 39.7 Å². The summed E-state index contributed by atoms with van der Waals surface area (Å²) in [4.78, 5) is 18.7. The highest BCUT2D eigenvalue weighted by Gasteiger charge is 2.68. The molecule has 1 fully saturated rings. The van der Waals surface area contributed by atoms with Gasteiger partial charge in [-0.3, -0.25) is 4.99 Å². The van der Waals surface area contributed by atoms with Gasteiger partial charge in [-0.05, 0) is 58.0 Å². The monoisotopic (exact) mass is 534 g/mol. The van der Waals surface area contributed by atoms with Crippen molar-refractivity contribution in [2.24, 2.45) is 10.9 Å². The van der Waals surface area contributed by atoms with Gasteiger partial charge >= 0.3 is 6.09 Å². The molecule has 0 spiro atoms. The lowest BCUT2D eigenvalue weighted by atomic mass is 9.65. The third-order valence-electron chi connectivity index (χ3n) is 6.16. The Morgan fingerprint density at radius 1 is 1.29 bits per heavy atom. The zero-order valence-electron chi connectivity index (χ0n) is 21.3. The van der Waals surface area contributed by atoms with Gasteiger partial charge in [0.1, 0.15) is 18.5 Å². The summed E-state index contributed by atoms with van der Waals surface area (Å²) in [5.41, 5.74) is -2.72. The fourth-order valence-electron chi connectivity index (χ4n) is 4.07. The fraction of sp³-hybridized carbons (Fsp3) is 0.667. The summed E-state index contributed by atoms with van der Waals surface area (Å²) in [6.45, 7) is 13.0. The summed E-state index contributed by atoms with van der Waals surface area (Å²) < 4.78 is 70.8. The molecular weight excluding hydrogens is 500 g/mol. The molecule has 2 aliphatic rings. The molecular formula is C24H34F4N2O3SSi. The number of fused-ring (bicyclic) bond motifs is 1. The number of hydrogen-bond donors (Lipinski definition) is 0. The number of aliphatic imine (C=N–C) groups is 1. The van der Waals surface area contributed by atoms with Crippen LogP contribution in [0.3, 0.4) is 0 Å². The van der Waals surface area contributed by atoms with Crippen LogP contribution >= 0.6 is 11.8 Å². The third kappa shape index (κ3) is 5.88. The number of ether oxygens (including phenoxy) is 2. The molecule has 11 heteroatoms. The number of benzene rings is 1. The first-order valence-corrected chi connectivity index (χ1v) is 16.1. The van der Waals surface area contributed by atoms with E-state index in [2.05, 4.69) is 24.6 Å². The van der Waals surface area contributed by atoms with E-state index in [1.54, 1.807) is 20.8 Å². The summed E-state index contributed by atoms with van der Waals surface area (Å²) in [6, 6.07) is 4.38. The number of hydrogen-bond acceptors (Lipinski definition) is 5. The maximum atomic E-state index is 16.0. The van der Waals surface area contributed by atoms with E-state index in [9.17, 15) is 18.0 Å². The quantitative estimate of drug-likeness (QED) is 0.173. The standard InChI is InChI=1S/C24H34F4N2O3SSi/c1-22(2,3)33-21(31)30(14-32-11-12-35(5,6)7)20-29-23(4,15-9-8-10-16(25)19(15)27)17-13-18(26)24(17,28)34-20/h8-10,17-18H,11-14H2,1-7H3/t17-,18-,23+,24+/m0/s1. The number of halogens is 4. The third-order valence-corrected chi connectivity index (χ3v) is 9.21. The van der Waals surface area contributed by atoms with Gasteiger partial charge in [-0.25, -0.2) is 27.3 Å². The average molecular weight is 535 g/mol. The van der Waals surface area contributed by atoms with Crippen molar-refractivity contribution in [1.29, 1.82) is 0 Å². The minimum Gasteiger partial charge on any atom is -0.443 e. The van der Waals surface area contributed by atoms with Crippen LogP contribution in [0.2, 0.25) is 25.7 Å². The number of amidine groups is 1. The first-order chi connectivity index (χ1) is 16.0. The molecule has 5 nitrogen and oxygen atoms in total. The van der Waals surface area contributed by atoms with Crippen molar-refractivity contribution >= 4 is 31.1 Å². The highest BCUT2D eigenvalue weighted by atomic mass is 32.2. The van der Waals surface area contributed by atoms with Crippen LogP contribution in [0.15, 0.2) is 23.2 Å². The molecule has 0 bridgehead atoms. The van der Waals surface area contributed by atoms with Crippen LogP contribution in [-0.2, 0) is 15.0 Å². The summed E-state index contributed by atoms with van der Waals surface area (Å²) in [5.74, 6) is -3.34. The van der Waals surface area contributed by atoms with Gasteiger partial charge in [0.15, 0.2) is 21.8 Å². The van der Waals surface area contributed by atoms with Gasteiger partial charge in [0, 0.05) is 26.2 Å². The molecule has 3 rings (SSSR count). The maximum Gasteiger partial charge on any atom is 0.418 e. The molecule has 0 unspecified atom stereocenters. The summed E-state index contributed by atoms with van der Waals surface area (Å²) in [6.07, 6.45) is -2.91. The van der Waals surface area contributed by atoms with Crippen LogP contribution in [0, 0.1) is 17.6 Å². The molecule has 0 saturated heterocycles. The van der Waals surface area contributed by atoms with Gasteiger partial charge in [0.2, 0.25) is 0 Å². The van der Waals surface area contributed by atoms with E-state index in [-0.39, 0.29) is 23.9 Å². The zero-order valence-corrected chi connectivity index (χ0v) is 23.1. The van der Waals surface area contributed by atoms with E-state index < -0.39 is 54.0 Å². The Hall–Kier alpha value is -1.59. The first kappa shape index (κ1) is 28.0. The number of thioether (sulfide) groups is 1. The topological polar surface area (TPSA) is 51.1 Å². The van der Waals surface area contributed by atoms with Gasteiger partial charge < -0.3 is 9.47 Å². The smallest absolute Gasteiger partial charge is 0.418 e. The summed E-state index contributed by atoms with van der Waals surface area (Å²) in [5, 5.41) is -2.66. The molecule has 1 saturated carbocycles. The fourth-order valence-corrected chi connectivity index (χ4v) is 6.27. The number of carbonyl (C=O) groups excluding carboxylic acids is 1. The number of carbonyl (C=O) groups is 1. The largest absolute Gasteiger partial charge is 0.443 e.